The van der Waals surface area contributed by atoms with Gasteiger partial charge in [0.2, 0.25) is 0 Å². The van der Waals surface area contributed by atoms with Crippen LogP contribution in [0.5, 0.6) is 0 Å². The summed E-state index contributed by atoms with van der Waals surface area (Å²) in [6.07, 6.45) is 13.4. The van der Waals surface area contributed by atoms with Crippen molar-refractivity contribution < 1.29 is 0 Å². The van der Waals surface area contributed by atoms with E-state index < -0.39 is 0 Å². The van der Waals surface area contributed by atoms with Gasteiger partial charge in [-0.05, 0) is 12.2 Å². The highest BCUT2D eigenvalue weighted by Gasteiger charge is 1.99. The third-order valence-electron chi connectivity index (χ3n) is 1.50. The molecule has 0 atom stereocenters. The van der Waals surface area contributed by atoms with Crippen molar-refractivity contribution >= 4 is 11.4 Å². The lowest BCUT2D eigenvalue weighted by Crippen LogP contribution is -2.08. The standard InChI is InChI=1S/C14H16N2/c1-5-9-11-13(15-7-3)14(16-8-4)12-10-6-2/h5-12H,1-4H2/b11-9-,12-10-,15-13-,16-14+. The highest BCUT2D eigenvalue weighted by molar-refractivity contribution is 6.50. The third-order valence-corrected chi connectivity index (χ3v) is 1.50. The van der Waals surface area contributed by atoms with Gasteiger partial charge in [-0.3, -0.25) is 9.98 Å². The first-order valence-electron chi connectivity index (χ1n) is 4.76. The van der Waals surface area contributed by atoms with E-state index in [1.807, 2.05) is 0 Å². The van der Waals surface area contributed by atoms with E-state index in [0.717, 1.165) is 0 Å². The molecule has 0 aromatic carbocycles. The lowest BCUT2D eigenvalue weighted by atomic mass is 10.2. The molecular formula is C14H16N2. The summed E-state index contributed by atoms with van der Waals surface area (Å²) in [5.41, 5.74) is 1.38. The molecule has 0 radical (unpaired) electrons. The number of allylic oxidation sites excluding steroid dienone is 6. The summed E-state index contributed by atoms with van der Waals surface area (Å²) in [4.78, 5) is 8.23. The van der Waals surface area contributed by atoms with Crippen molar-refractivity contribution in [3.63, 3.8) is 0 Å². The van der Waals surface area contributed by atoms with Crippen LogP contribution in [-0.4, -0.2) is 11.4 Å². The zero-order valence-electron chi connectivity index (χ0n) is 9.34. The zero-order chi connectivity index (χ0) is 12.2. The van der Waals surface area contributed by atoms with Crippen molar-refractivity contribution in [2.75, 3.05) is 0 Å². The molecule has 2 heteroatoms. The fraction of sp³-hybridized carbons (Fsp3) is 0. The van der Waals surface area contributed by atoms with Gasteiger partial charge in [0.15, 0.2) is 0 Å². The fourth-order valence-corrected chi connectivity index (χ4v) is 0.904. The van der Waals surface area contributed by atoms with Gasteiger partial charge in [0.1, 0.15) is 0 Å². The van der Waals surface area contributed by atoms with Gasteiger partial charge in [-0.1, -0.05) is 50.6 Å². The fourth-order valence-electron chi connectivity index (χ4n) is 0.904. The van der Waals surface area contributed by atoms with E-state index in [2.05, 4.69) is 36.3 Å². The molecule has 0 saturated carbocycles. The molecule has 0 spiro atoms. The second-order valence-corrected chi connectivity index (χ2v) is 2.58. The monoisotopic (exact) mass is 212 g/mol. The maximum Gasteiger partial charge on any atom is 0.0885 e. The van der Waals surface area contributed by atoms with Gasteiger partial charge in [0.25, 0.3) is 0 Å². The molecule has 0 aliphatic carbocycles. The normalized spacial score (nSPS) is 13.0. The van der Waals surface area contributed by atoms with Crippen LogP contribution in [0.2, 0.25) is 0 Å². The van der Waals surface area contributed by atoms with Crippen molar-refractivity contribution in [3.8, 4) is 0 Å². The number of aliphatic imine (C=N–C) groups is 2. The Morgan fingerprint density at radius 1 is 0.688 bits per heavy atom. The molecule has 0 fully saturated rings. The molecule has 0 bridgehead atoms. The number of hydrogen-bond donors (Lipinski definition) is 0. The predicted octanol–water partition coefficient (Wildman–Crippen LogP) is 3.64. The average molecular weight is 212 g/mol. The van der Waals surface area contributed by atoms with Crippen LogP contribution in [0.3, 0.4) is 0 Å². The van der Waals surface area contributed by atoms with Crippen molar-refractivity contribution in [2.24, 2.45) is 9.98 Å². The Labute approximate surface area is 97.1 Å². The SMILES string of the molecule is C=C\C=C/C(=N/C=C)C(/C=C\C=C)=N/C=C. The molecular weight excluding hydrogens is 196 g/mol. The molecule has 0 aliphatic rings. The lowest BCUT2D eigenvalue weighted by molar-refractivity contribution is 1.56. The van der Waals surface area contributed by atoms with Crippen LogP contribution in [-0.2, 0) is 0 Å². The van der Waals surface area contributed by atoms with Gasteiger partial charge >= 0.3 is 0 Å². The number of rotatable bonds is 7. The van der Waals surface area contributed by atoms with Gasteiger partial charge in [0, 0.05) is 12.4 Å². The van der Waals surface area contributed by atoms with Gasteiger partial charge in [0.05, 0.1) is 11.4 Å². The summed E-state index contributed by atoms with van der Waals surface area (Å²) in [5.74, 6) is 0. The second-order valence-electron chi connectivity index (χ2n) is 2.58. The minimum atomic E-state index is 0.688. The Kier molecular flexibility index (Phi) is 8.04. The minimum absolute atomic E-state index is 0.688. The maximum absolute atomic E-state index is 4.12. The summed E-state index contributed by atoms with van der Waals surface area (Å²) in [7, 11) is 0. The molecule has 0 N–H and O–H groups in total. The third kappa shape index (κ3) is 5.50. The van der Waals surface area contributed by atoms with Crippen LogP contribution < -0.4 is 0 Å². The molecule has 2 nitrogen and oxygen atoms in total. The molecule has 0 saturated heterocycles. The first-order chi connectivity index (χ1) is 7.79. The van der Waals surface area contributed by atoms with E-state index in [4.69, 9.17) is 0 Å². The summed E-state index contributed by atoms with van der Waals surface area (Å²) in [5, 5.41) is 0. The smallest absolute Gasteiger partial charge is 0.0885 e. The molecule has 0 amide bonds. The molecule has 82 valence electrons. The highest BCUT2D eigenvalue weighted by atomic mass is 14.8. The van der Waals surface area contributed by atoms with Crippen molar-refractivity contribution in [3.05, 3.63) is 75.2 Å². The van der Waals surface area contributed by atoms with Crippen molar-refractivity contribution in [1.82, 2.24) is 0 Å². The van der Waals surface area contributed by atoms with E-state index in [1.54, 1.807) is 36.5 Å². The highest BCUT2D eigenvalue weighted by Crippen LogP contribution is 1.94. The predicted molar refractivity (Wildman–Crippen MR) is 73.9 cm³/mol. The summed E-state index contributed by atoms with van der Waals surface area (Å²) >= 11 is 0. The first-order valence-corrected chi connectivity index (χ1v) is 4.76. The van der Waals surface area contributed by atoms with Gasteiger partial charge in [-0.25, -0.2) is 0 Å². The van der Waals surface area contributed by atoms with Crippen LogP contribution in [0, 0.1) is 0 Å². The summed E-state index contributed by atoms with van der Waals surface area (Å²) in [6, 6.07) is 0. The molecule has 0 aromatic rings. The summed E-state index contributed by atoms with van der Waals surface area (Å²) < 4.78 is 0. The Morgan fingerprint density at radius 2 is 1.06 bits per heavy atom. The second kappa shape index (κ2) is 9.34. The Morgan fingerprint density at radius 3 is 1.31 bits per heavy atom. The van der Waals surface area contributed by atoms with Gasteiger partial charge in [-0.2, -0.15) is 0 Å². The molecule has 0 unspecified atom stereocenters. The Balaban J connectivity index is 5.25. The Bertz CT molecular complexity index is 342. The van der Waals surface area contributed by atoms with E-state index in [-0.39, 0.29) is 0 Å². The number of hydrogen-bond acceptors (Lipinski definition) is 2. The van der Waals surface area contributed by atoms with Crippen LogP contribution in [0.1, 0.15) is 0 Å². The average Bonchev–Trinajstić information content (AvgIpc) is 2.30. The topological polar surface area (TPSA) is 24.7 Å². The van der Waals surface area contributed by atoms with Gasteiger partial charge in [-0.15, -0.1) is 0 Å². The summed E-state index contributed by atoms with van der Waals surface area (Å²) in [6.45, 7) is 14.3. The van der Waals surface area contributed by atoms with Crippen LogP contribution in [0.15, 0.2) is 85.2 Å². The van der Waals surface area contributed by atoms with Crippen LogP contribution in [0.25, 0.3) is 0 Å². The molecule has 0 aromatic heterocycles. The Hall–Kier alpha value is -2.22. The van der Waals surface area contributed by atoms with Crippen LogP contribution in [0.4, 0.5) is 0 Å². The van der Waals surface area contributed by atoms with Crippen molar-refractivity contribution in [2.45, 2.75) is 0 Å². The first kappa shape index (κ1) is 13.8. The molecule has 0 heterocycles. The molecule has 0 rings (SSSR count). The molecule has 0 aliphatic heterocycles. The van der Waals surface area contributed by atoms with E-state index in [1.165, 1.54) is 12.4 Å². The van der Waals surface area contributed by atoms with Crippen molar-refractivity contribution in [1.29, 1.82) is 0 Å². The lowest BCUT2D eigenvalue weighted by Gasteiger charge is -1.98. The van der Waals surface area contributed by atoms with E-state index in [9.17, 15) is 0 Å². The number of nitrogens with zero attached hydrogens (tertiary/aromatic N) is 2. The quantitative estimate of drug-likeness (QED) is 0.454. The zero-order valence-corrected chi connectivity index (χ0v) is 9.34. The van der Waals surface area contributed by atoms with Crippen LogP contribution >= 0.6 is 0 Å². The van der Waals surface area contributed by atoms with E-state index >= 15 is 0 Å². The van der Waals surface area contributed by atoms with E-state index in [0.29, 0.717) is 11.4 Å². The minimum Gasteiger partial charge on any atom is -0.255 e. The molecule has 16 heavy (non-hydrogen) atoms. The maximum atomic E-state index is 4.12. The largest absolute Gasteiger partial charge is 0.255 e. The van der Waals surface area contributed by atoms with Gasteiger partial charge < -0.3 is 0 Å².